The number of carbonyl (C=O) groups excluding carboxylic acids is 1. The number of hydrogen-bond acceptors (Lipinski definition) is 4. The number of hydrogen-bond donors (Lipinski definition) is 1. The molecule has 35 heavy (non-hydrogen) atoms. The number of amides is 1. The third kappa shape index (κ3) is 5.60. The molecule has 0 saturated heterocycles. The second-order valence-corrected chi connectivity index (χ2v) is 8.96. The van der Waals surface area contributed by atoms with E-state index in [1.807, 2.05) is 59.3 Å². The van der Waals surface area contributed by atoms with Crippen LogP contribution in [0.4, 0.5) is 0 Å². The minimum absolute atomic E-state index is 0.0694. The van der Waals surface area contributed by atoms with E-state index in [0.717, 1.165) is 60.8 Å². The highest BCUT2D eigenvalue weighted by Crippen LogP contribution is 2.39. The molecule has 1 fully saturated rings. The zero-order chi connectivity index (χ0) is 24.0. The Hall–Kier alpha value is -3.93. The van der Waals surface area contributed by atoms with Gasteiger partial charge in [-0.05, 0) is 80.1 Å². The van der Waals surface area contributed by atoms with Gasteiger partial charge in [-0.15, -0.1) is 0 Å². The van der Waals surface area contributed by atoms with E-state index in [2.05, 4.69) is 29.6 Å². The third-order valence-corrected chi connectivity index (χ3v) is 6.29. The van der Waals surface area contributed by atoms with Crippen LogP contribution in [0.1, 0.15) is 53.3 Å². The average Bonchev–Trinajstić information content (AvgIpc) is 3.67. The van der Waals surface area contributed by atoms with Crippen molar-refractivity contribution in [2.45, 2.75) is 38.0 Å². The summed E-state index contributed by atoms with van der Waals surface area (Å²) in [5, 5.41) is 7.88. The first kappa shape index (κ1) is 22.8. The lowest BCUT2D eigenvalue weighted by molar-refractivity contribution is 0.0953. The SMILES string of the molecule is COc1ccc(-c2nc(C3CC3)nn2-c2cccc(C(=O)NCCCCc3ccccc3)c2)cc1. The summed E-state index contributed by atoms with van der Waals surface area (Å²) in [6, 6.07) is 25.9. The molecule has 3 aromatic carbocycles. The van der Waals surface area contributed by atoms with Gasteiger partial charge in [-0.3, -0.25) is 4.79 Å². The number of methoxy groups -OCH3 is 1. The molecule has 0 radical (unpaired) electrons. The van der Waals surface area contributed by atoms with Gasteiger partial charge in [0.05, 0.1) is 12.8 Å². The standard InChI is InChI=1S/C29H30N4O2/c1-35-26-17-15-23(16-18-26)28-31-27(22-13-14-22)32-33(28)25-12-7-11-24(20-25)29(34)30-19-6-5-10-21-8-3-2-4-9-21/h2-4,7-9,11-12,15-18,20,22H,5-6,10,13-14,19H2,1H3,(H,30,34). The van der Waals surface area contributed by atoms with Crippen LogP contribution in [0.2, 0.25) is 0 Å². The zero-order valence-corrected chi connectivity index (χ0v) is 20.0. The molecule has 178 valence electrons. The molecule has 0 bridgehead atoms. The average molecular weight is 467 g/mol. The first-order valence-electron chi connectivity index (χ1n) is 12.3. The lowest BCUT2D eigenvalue weighted by Crippen LogP contribution is -2.24. The predicted molar refractivity (Wildman–Crippen MR) is 137 cm³/mol. The Labute approximate surface area is 206 Å². The maximum Gasteiger partial charge on any atom is 0.251 e. The van der Waals surface area contributed by atoms with E-state index in [-0.39, 0.29) is 5.91 Å². The van der Waals surface area contributed by atoms with Gasteiger partial charge in [0.15, 0.2) is 11.6 Å². The number of aromatic nitrogens is 3. The summed E-state index contributed by atoms with van der Waals surface area (Å²) in [5.41, 5.74) is 3.73. The summed E-state index contributed by atoms with van der Waals surface area (Å²) in [6.45, 7) is 0.655. The summed E-state index contributed by atoms with van der Waals surface area (Å²) in [5.74, 6) is 2.79. The highest BCUT2D eigenvalue weighted by Gasteiger charge is 2.29. The molecule has 1 N–H and O–H groups in total. The molecule has 0 unspecified atom stereocenters. The number of carbonyl (C=O) groups is 1. The molecule has 6 nitrogen and oxygen atoms in total. The third-order valence-electron chi connectivity index (χ3n) is 6.29. The number of rotatable bonds is 10. The van der Waals surface area contributed by atoms with Crippen molar-refractivity contribution in [3.8, 4) is 22.8 Å². The van der Waals surface area contributed by atoms with E-state index in [1.54, 1.807) is 7.11 Å². The van der Waals surface area contributed by atoms with Gasteiger partial charge in [-0.1, -0.05) is 36.4 Å². The molecule has 6 heteroatoms. The first-order chi connectivity index (χ1) is 17.2. The Kier molecular flexibility index (Phi) is 6.89. The molecular formula is C29H30N4O2. The van der Waals surface area contributed by atoms with E-state index in [1.165, 1.54) is 5.56 Å². The minimum Gasteiger partial charge on any atom is -0.497 e. The van der Waals surface area contributed by atoms with Crippen LogP contribution < -0.4 is 10.1 Å². The molecule has 4 aromatic rings. The molecular weight excluding hydrogens is 436 g/mol. The van der Waals surface area contributed by atoms with Crippen molar-refractivity contribution < 1.29 is 9.53 Å². The lowest BCUT2D eigenvalue weighted by atomic mass is 10.1. The van der Waals surface area contributed by atoms with Gasteiger partial charge in [0, 0.05) is 23.6 Å². The maximum atomic E-state index is 12.8. The van der Waals surface area contributed by atoms with Crippen LogP contribution in [0.15, 0.2) is 78.9 Å². The van der Waals surface area contributed by atoms with Crippen LogP contribution in [0.3, 0.4) is 0 Å². The summed E-state index contributed by atoms with van der Waals surface area (Å²) in [6.07, 6.45) is 5.25. The van der Waals surface area contributed by atoms with E-state index in [0.29, 0.717) is 18.0 Å². The zero-order valence-electron chi connectivity index (χ0n) is 20.0. The number of benzene rings is 3. The number of unbranched alkanes of at least 4 members (excludes halogenated alkanes) is 1. The molecule has 1 heterocycles. The second kappa shape index (κ2) is 10.6. The van der Waals surface area contributed by atoms with Gasteiger partial charge < -0.3 is 10.1 Å². The second-order valence-electron chi connectivity index (χ2n) is 8.96. The lowest BCUT2D eigenvalue weighted by Gasteiger charge is -2.09. The summed E-state index contributed by atoms with van der Waals surface area (Å²) in [7, 11) is 1.66. The molecule has 1 amide bonds. The van der Waals surface area contributed by atoms with Crippen molar-refractivity contribution in [3.63, 3.8) is 0 Å². The Morgan fingerprint density at radius 3 is 2.54 bits per heavy atom. The van der Waals surface area contributed by atoms with Crippen LogP contribution in [0.25, 0.3) is 17.1 Å². The molecule has 0 aliphatic heterocycles. The molecule has 5 rings (SSSR count). The van der Waals surface area contributed by atoms with Crippen molar-refractivity contribution in [2.24, 2.45) is 0 Å². The van der Waals surface area contributed by atoms with Crippen LogP contribution in [0, 0.1) is 0 Å². The van der Waals surface area contributed by atoms with E-state index in [9.17, 15) is 4.79 Å². The topological polar surface area (TPSA) is 69.0 Å². The summed E-state index contributed by atoms with van der Waals surface area (Å²) < 4.78 is 7.15. The fourth-order valence-electron chi connectivity index (χ4n) is 4.13. The van der Waals surface area contributed by atoms with Gasteiger partial charge in [0.1, 0.15) is 5.75 Å². The largest absolute Gasteiger partial charge is 0.497 e. The van der Waals surface area contributed by atoms with Gasteiger partial charge >= 0.3 is 0 Å². The maximum absolute atomic E-state index is 12.8. The van der Waals surface area contributed by atoms with Gasteiger partial charge in [0.25, 0.3) is 5.91 Å². The van der Waals surface area contributed by atoms with Gasteiger partial charge in [0.2, 0.25) is 0 Å². The quantitative estimate of drug-likeness (QED) is 0.310. The molecule has 1 aliphatic carbocycles. The Bertz CT molecular complexity index is 1280. The van der Waals surface area contributed by atoms with Crippen molar-refractivity contribution in [1.29, 1.82) is 0 Å². The van der Waals surface area contributed by atoms with Crippen molar-refractivity contribution in [1.82, 2.24) is 20.1 Å². The predicted octanol–water partition coefficient (Wildman–Crippen LogP) is 5.57. The van der Waals surface area contributed by atoms with E-state index < -0.39 is 0 Å². The van der Waals surface area contributed by atoms with Crippen molar-refractivity contribution in [2.75, 3.05) is 13.7 Å². The Balaban J connectivity index is 1.28. The van der Waals surface area contributed by atoms with Crippen LogP contribution in [0.5, 0.6) is 5.75 Å². The van der Waals surface area contributed by atoms with E-state index in [4.69, 9.17) is 14.8 Å². The summed E-state index contributed by atoms with van der Waals surface area (Å²) >= 11 is 0. The highest BCUT2D eigenvalue weighted by molar-refractivity contribution is 5.94. The molecule has 0 atom stereocenters. The van der Waals surface area contributed by atoms with Crippen molar-refractivity contribution >= 4 is 5.91 Å². The monoisotopic (exact) mass is 466 g/mol. The Morgan fingerprint density at radius 2 is 1.80 bits per heavy atom. The van der Waals surface area contributed by atoms with Crippen molar-refractivity contribution in [3.05, 3.63) is 95.8 Å². The Morgan fingerprint density at radius 1 is 1.00 bits per heavy atom. The molecule has 0 spiro atoms. The van der Waals surface area contributed by atoms with Gasteiger partial charge in [-0.25, -0.2) is 9.67 Å². The molecule has 1 saturated carbocycles. The summed E-state index contributed by atoms with van der Waals surface area (Å²) in [4.78, 5) is 17.7. The molecule has 1 aromatic heterocycles. The minimum atomic E-state index is -0.0694. The van der Waals surface area contributed by atoms with Crippen LogP contribution in [-0.2, 0) is 6.42 Å². The normalized spacial score (nSPS) is 12.9. The fourth-order valence-corrected chi connectivity index (χ4v) is 4.13. The smallest absolute Gasteiger partial charge is 0.251 e. The molecule has 1 aliphatic rings. The van der Waals surface area contributed by atoms with Crippen LogP contribution in [-0.4, -0.2) is 34.3 Å². The number of aryl methyl sites for hydroxylation is 1. The first-order valence-corrected chi connectivity index (χ1v) is 12.3. The fraction of sp³-hybridized carbons (Fsp3) is 0.276. The van der Waals surface area contributed by atoms with Gasteiger partial charge in [-0.2, -0.15) is 5.10 Å². The highest BCUT2D eigenvalue weighted by atomic mass is 16.5. The number of nitrogens with zero attached hydrogens (tertiary/aromatic N) is 3. The van der Waals surface area contributed by atoms with E-state index >= 15 is 0 Å². The number of nitrogens with one attached hydrogen (secondary N) is 1. The van der Waals surface area contributed by atoms with Crippen LogP contribution >= 0.6 is 0 Å². The number of ether oxygens (including phenoxy) is 1.